The first-order chi connectivity index (χ1) is 15.9. The standard InChI is InChI=1S/C26H22Cl2N2O3/c1-16-4-3-5-17(12-16)22(26(31)32)14-19-15-25(18-6-11-23(27)24(28)13-18)30(29-19)20-7-9-21(33-2)10-8-20/h3-13,15,22H,14H2,1-2H3,(H,31,32)/t22-/m1/s1. The Morgan fingerprint density at radius 3 is 2.42 bits per heavy atom. The molecule has 0 spiro atoms. The normalized spacial score (nSPS) is 11.9. The third kappa shape index (κ3) is 5.05. The molecule has 0 saturated carbocycles. The molecule has 0 bridgehead atoms. The Labute approximate surface area is 202 Å². The second-order valence-corrected chi connectivity index (χ2v) is 8.58. The van der Waals surface area contributed by atoms with E-state index in [0.29, 0.717) is 15.7 Å². The molecule has 33 heavy (non-hydrogen) atoms. The molecule has 5 nitrogen and oxygen atoms in total. The summed E-state index contributed by atoms with van der Waals surface area (Å²) in [4.78, 5) is 12.1. The summed E-state index contributed by atoms with van der Waals surface area (Å²) in [5.41, 5.74) is 4.83. The van der Waals surface area contributed by atoms with Crippen LogP contribution in [-0.4, -0.2) is 28.0 Å². The summed E-state index contributed by atoms with van der Waals surface area (Å²) in [6, 6.07) is 22.3. The second-order valence-electron chi connectivity index (χ2n) is 7.77. The Kier molecular flexibility index (Phi) is 6.72. The SMILES string of the molecule is COc1ccc(-n2nc(C[C@@H](C(=O)O)c3cccc(C)c3)cc2-c2ccc(Cl)c(Cl)c2)cc1. The summed E-state index contributed by atoms with van der Waals surface area (Å²) in [6.07, 6.45) is 0.246. The quantitative estimate of drug-likeness (QED) is 0.324. The lowest BCUT2D eigenvalue weighted by molar-refractivity contribution is -0.138. The van der Waals surface area contributed by atoms with E-state index in [1.165, 1.54) is 0 Å². The summed E-state index contributed by atoms with van der Waals surface area (Å²) < 4.78 is 7.05. The Morgan fingerprint density at radius 2 is 1.79 bits per heavy atom. The van der Waals surface area contributed by atoms with Gasteiger partial charge in [0.1, 0.15) is 5.75 Å². The van der Waals surface area contributed by atoms with E-state index < -0.39 is 11.9 Å². The van der Waals surface area contributed by atoms with Gasteiger partial charge in [0.05, 0.1) is 40.1 Å². The summed E-state index contributed by atoms with van der Waals surface area (Å²) in [6.45, 7) is 1.95. The van der Waals surface area contributed by atoms with Gasteiger partial charge in [-0.1, -0.05) is 59.1 Å². The molecule has 3 aromatic carbocycles. The number of aromatic nitrogens is 2. The number of rotatable bonds is 7. The number of ether oxygens (including phenoxy) is 1. The maximum Gasteiger partial charge on any atom is 0.311 e. The molecule has 0 aliphatic rings. The fraction of sp³-hybridized carbons (Fsp3) is 0.154. The molecular weight excluding hydrogens is 459 g/mol. The van der Waals surface area contributed by atoms with Crippen LogP contribution in [0.5, 0.6) is 5.75 Å². The van der Waals surface area contributed by atoms with Crippen LogP contribution in [0.25, 0.3) is 16.9 Å². The number of benzene rings is 3. The van der Waals surface area contributed by atoms with Gasteiger partial charge in [-0.25, -0.2) is 4.68 Å². The molecular formula is C26H22Cl2N2O3. The topological polar surface area (TPSA) is 64.4 Å². The number of nitrogens with zero attached hydrogens (tertiary/aromatic N) is 2. The number of aliphatic carboxylic acids is 1. The zero-order valence-corrected chi connectivity index (χ0v) is 19.6. The average Bonchev–Trinajstić information content (AvgIpc) is 3.23. The van der Waals surface area contributed by atoms with Gasteiger partial charge in [0, 0.05) is 12.0 Å². The smallest absolute Gasteiger partial charge is 0.311 e. The van der Waals surface area contributed by atoms with Gasteiger partial charge in [-0.2, -0.15) is 5.10 Å². The van der Waals surface area contributed by atoms with Crippen LogP contribution in [0.4, 0.5) is 0 Å². The Balaban J connectivity index is 1.79. The van der Waals surface area contributed by atoms with Gasteiger partial charge in [0.15, 0.2) is 0 Å². The third-order valence-electron chi connectivity index (χ3n) is 5.45. The van der Waals surface area contributed by atoms with Gasteiger partial charge in [0.2, 0.25) is 0 Å². The highest BCUT2D eigenvalue weighted by atomic mass is 35.5. The Hall–Kier alpha value is -3.28. The van der Waals surface area contributed by atoms with Gasteiger partial charge < -0.3 is 9.84 Å². The van der Waals surface area contributed by atoms with E-state index in [4.69, 9.17) is 33.0 Å². The van der Waals surface area contributed by atoms with Crippen molar-refractivity contribution in [3.05, 3.63) is 99.7 Å². The monoisotopic (exact) mass is 480 g/mol. The molecule has 1 aromatic heterocycles. The van der Waals surface area contributed by atoms with Crippen molar-refractivity contribution in [2.45, 2.75) is 19.3 Å². The van der Waals surface area contributed by atoms with Crippen LogP contribution >= 0.6 is 23.2 Å². The number of carbonyl (C=O) groups is 1. The largest absolute Gasteiger partial charge is 0.497 e. The minimum Gasteiger partial charge on any atom is -0.497 e. The van der Waals surface area contributed by atoms with Crippen molar-refractivity contribution in [1.29, 1.82) is 0 Å². The summed E-state index contributed by atoms with van der Waals surface area (Å²) in [5, 5.41) is 15.6. The molecule has 7 heteroatoms. The molecule has 0 aliphatic carbocycles. The molecule has 0 saturated heterocycles. The minimum absolute atomic E-state index is 0.246. The maximum atomic E-state index is 12.1. The lowest BCUT2D eigenvalue weighted by Crippen LogP contribution is -2.15. The van der Waals surface area contributed by atoms with Crippen molar-refractivity contribution in [2.75, 3.05) is 7.11 Å². The summed E-state index contributed by atoms with van der Waals surface area (Å²) in [7, 11) is 1.61. The molecule has 4 rings (SSSR count). The first kappa shape index (κ1) is 22.9. The lowest BCUT2D eigenvalue weighted by atomic mass is 9.93. The van der Waals surface area contributed by atoms with Crippen LogP contribution in [0.2, 0.25) is 10.0 Å². The summed E-state index contributed by atoms with van der Waals surface area (Å²) in [5.74, 6) is -0.880. The van der Waals surface area contributed by atoms with Crippen molar-refractivity contribution in [1.82, 2.24) is 9.78 Å². The number of carboxylic acids is 1. The van der Waals surface area contributed by atoms with Crippen LogP contribution in [0.3, 0.4) is 0 Å². The molecule has 1 N–H and O–H groups in total. The zero-order valence-electron chi connectivity index (χ0n) is 18.1. The molecule has 0 radical (unpaired) electrons. The number of carboxylic acid groups (broad SMARTS) is 1. The van der Waals surface area contributed by atoms with Crippen molar-refractivity contribution in [3.63, 3.8) is 0 Å². The minimum atomic E-state index is -0.893. The molecule has 0 unspecified atom stereocenters. The van der Waals surface area contributed by atoms with Gasteiger partial charge >= 0.3 is 5.97 Å². The van der Waals surface area contributed by atoms with E-state index in [0.717, 1.165) is 33.8 Å². The van der Waals surface area contributed by atoms with Crippen LogP contribution in [0.15, 0.2) is 72.8 Å². The lowest BCUT2D eigenvalue weighted by Gasteiger charge is -2.12. The van der Waals surface area contributed by atoms with Crippen molar-refractivity contribution in [2.24, 2.45) is 0 Å². The Morgan fingerprint density at radius 1 is 1.03 bits per heavy atom. The zero-order chi connectivity index (χ0) is 23.5. The first-order valence-electron chi connectivity index (χ1n) is 10.3. The maximum absolute atomic E-state index is 12.1. The van der Waals surface area contributed by atoms with E-state index in [-0.39, 0.29) is 6.42 Å². The van der Waals surface area contributed by atoms with Gasteiger partial charge in [-0.05, 0) is 55.0 Å². The van der Waals surface area contributed by atoms with Crippen LogP contribution in [-0.2, 0) is 11.2 Å². The highest BCUT2D eigenvalue weighted by Gasteiger charge is 2.23. The van der Waals surface area contributed by atoms with E-state index in [9.17, 15) is 9.90 Å². The predicted octanol–water partition coefficient (Wildman–Crippen LogP) is 6.57. The number of aryl methyl sites for hydroxylation is 1. The molecule has 1 atom stereocenters. The molecule has 168 valence electrons. The summed E-state index contributed by atoms with van der Waals surface area (Å²) >= 11 is 12.4. The highest BCUT2D eigenvalue weighted by molar-refractivity contribution is 6.42. The van der Waals surface area contributed by atoms with Crippen molar-refractivity contribution >= 4 is 29.2 Å². The molecule has 1 heterocycles. The predicted molar refractivity (Wildman–Crippen MR) is 131 cm³/mol. The molecule has 4 aromatic rings. The van der Waals surface area contributed by atoms with Crippen LogP contribution in [0, 0.1) is 6.92 Å². The number of hydrogen-bond donors (Lipinski definition) is 1. The van der Waals surface area contributed by atoms with E-state index in [1.54, 1.807) is 23.9 Å². The highest BCUT2D eigenvalue weighted by Crippen LogP contribution is 2.32. The van der Waals surface area contributed by atoms with E-state index >= 15 is 0 Å². The number of halogens is 2. The third-order valence-corrected chi connectivity index (χ3v) is 6.19. The van der Waals surface area contributed by atoms with Crippen LogP contribution in [0.1, 0.15) is 22.7 Å². The molecule has 0 fully saturated rings. The van der Waals surface area contributed by atoms with Crippen molar-refractivity contribution < 1.29 is 14.6 Å². The second kappa shape index (κ2) is 9.69. The van der Waals surface area contributed by atoms with Gasteiger partial charge in [-0.3, -0.25) is 4.79 Å². The number of hydrogen-bond acceptors (Lipinski definition) is 3. The van der Waals surface area contributed by atoms with E-state index in [1.807, 2.05) is 67.6 Å². The van der Waals surface area contributed by atoms with Crippen LogP contribution < -0.4 is 4.74 Å². The Bertz CT molecular complexity index is 1300. The fourth-order valence-electron chi connectivity index (χ4n) is 3.75. The van der Waals surface area contributed by atoms with Gasteiger partial charge in [0.25, 0.3) is 0 Å². The first-order valence-corrected chi connectivity index (χ1v) is 11.1. The average molecular weight is 481 g/mol. The molecule has 0 amide bonds. The molecule has 0 aliphatic heterocycles. The van der Waals surface area contributed by atoms with E-state index in [2.05, 4.69) is 0 Å². The van der Waals surface area contributed by atoms with Crippen molar-refractivity contribution in [3.8, 4) is 22.7 Å². The number of methoxy groups -OCH3 is 1. The van der Waals surface area contributed by atoms with Gasteiger partial charge in [-0.15, -0.1) is 0 Å². The fourth-order valence-corrected chi connectivity index (χ4v) is 4.05.